The minimum absolute atomic E-state index is 0.0691. The molecule has 1 aliphatic rings. The number of ether oxygens (including phenoxy) is 1. The second kappa shape index (κ2) is 15.4. The SMILES string of the molecule is COc1ccccc1N(CCCC(=O)N(Cc1ccc(Br)cc1)[C@@H](Cc1ccccc1)C(=O)NC1CCCC1)S(C)(=O)=O. The van der Waals surface area contributed by atoms with Gasteiger partial charge in [-0.25, -0.2) is 8.42 Å². The molecule has 0 aromatic heterocycles. The number of anilines is 1. The Hall–Kier alpha value is -3.37. The molecule has 0 aliphatic heterocycles. The summed E-state index contributed by atoms with van der Waals surface area (Å²) in [6, 6.07) is 23.7. The Morgan fingerprint density at radius 1 is 0.953 bits per heavy atom. The first-order valence-corrected chi connectivity index (χ1v) is 17.3. The first-order valence-electron chi connectivity index (χ1n) is 14.6. The molecule has 0 spiro atoms. The van der Waals surface area contributed by atoms with Crippen LogP contribution in [0.5, 0.6) is 5.75 Å². The first kappa shape index (κ1) is 32.5. The molecule has 1 saturated carbocycles. The summed E-state index contributed by atoms with van der Waals surface area (Å²) >= 11 is 3.47. The normalized spacial score (nSPS) is 14.2. The summed E-state index contributed by atoms with van der Waals surface area (Å²) in [5, 5.41) is 3.22. The van der Waals surface area contributed by atoms with Crippen LogP contribution in [0.15, 0.2) is 83.3 Å². The van der Waals surface area contributed by atoms with Gasteiger partial charge in [-0.15, -0.1) is 0 Å². The monoisotopic (exact) mass is 669 g/mol. The third kappa shape index (κ3) is 9.31. The van der Waals surface area contributed by atoms with Crippen LogP contribution in [-0.4, -0.2) is 57.1 Å². The molecule has 1 aliphatic carbocycles. The van der Waals surface area contributed by atoms with Crippen molar-refractivity contribution in [3.8, 4) is 5.75 Å². The van der Waals surface area contributed by atoms with Crippen LogP contribution in [0, 0.1) is 0 Å². The molecule has 0 radical (unpaired) electrons. The minimum Gasteiger partial charge on any atom is -0.495 e. The van der Waals surface area contributed by atoms with Crippen molar-refractivity contribution in [3.05, 3.63) is 94.5 Å². The van der Waals surface area contributed by atoms with Gasteiger partial charge in [-0.1, -0.05) is 83.4 Å². The Bertz CT molecular complexity index is 1460. The van der Waals surface area contributed by atoms with Gasteiger partial charge < -0.3 is 15.0 Å². The third-order valence-electron chi connectivity index (χ3n) is 7.74. The number of benzene rings is 3. The van der Waals surface area contributed by atoms with E-state index in [9.17, 15) is 18.0 Å². The smallest absolute Gasteiger partial charge is 0.243 e. The molecule has 3 aromatic rings. The van der Waals surface area contributed by atoms with Crippen molar-refractivity contribution in [1.29, 1.82) is 0 Å². The molecule has 1 atom stereocenters. The zero-order chi connectivity index (χ0) is 30.8. The van der Waals surface area contributed by atoms with Gasteiger partial charge in [0.25, 0.3) is 0 Å². The fourth-order valence-electron chi connectivity index (χ4n) is 5.53. The standard InChI is InChI=1S/C33H40BrN3O5S/c1-42-31-16-9-8-15-29(31)37(43(2,40)41)22-10-17-32(38)36(24-26-18-20-27(34)21-19-26)30(23-25-11-4-3-5-12-25)33(39)35-28-13-6-7-14-28/h3-5,8-9,11-12,15-16,18-21,28,30H,6-7,10,13-14,17,22-24H2,1-2H3,(H,35,39)/t30-/m0/s1. The molecule has 4 rings (SSSR count). The zero-order valence-corrected chi connectivity index (χ0v) is 27.1. The lowest BCUT2D eigenvalue weighted by Gasteiger charge is -2.33. The number of nitrogens with zero attached hydrogens (tertiary/aromatic N) is 2. The van der Waals surface area contributed by atoms with Gasteiger partial charge >= 0.3 is 0 Å². The topological polar surface area (TPSA) is 96.0 Å². The third-order valence-corrected chi connectivity index (χ3v) is 9.45. The van der Waals surface area contributed by atoms with E-state index in [2.05, 4.69) is 21.2 Å². The maximum atomic E-state index is 14.0. The first-order chi connectivity index (χ1) is 20.7. The largest absolute Gasteiger partial charge is 0.495 e. The van der Waals surface area contributed by atoms with E-state index in [1.165, 1.54) is 11.4 Å². The van der Waals surface area contributed by atoms with Gasteiger partial charge in [0.2, 0.25) is 21.8 Å². The highest BCUT2D eigenvalue weighted by molar-refractivity contribution is 9.10. The van der Waals surface area contributed by atoms with E-state index in [4.69, 9.17) is 4.74 Å². The molecule has 0 unspecified atom stereocenters. The number of hydrogen-bond acceptors (Lipinski definition) is 5. The van der Waals surface area contributed by atoms with Crippen molar-refractivity contribution in [3.63, 3.8) is 0 Å². The van der Waals surface area contributed by atoms with E-state index in [-0.39, 0.29) is 43.8 Å². The van der Waals surface area contributed by atoms with Gasteiger partial charge in [-0.05, 0) is 54.7 Å². The molecule has 0 saturated heterocycles. The summed E-state index contributed by atoms with van der Waals surface area (Å²) < 4.78 is 33.1. The summed E-state index contributed by atoms with van der Waals surface area (Å²) in [6.07, 6.45) is 5.90. The van der Waals surface area contributed by atoms with Gasteiger partial charge in [-0.2, -0.15) is 0 Å². The Labute approximate surface area is 263 Å². The second-order valence-corrected chi connectivity index (χ2v) is 13.8. The number of amides is 2. The second-order valence-electron chi connectivity index (χ2n) is 11.0. The van der Waals surface area contributed by atoms with Gasteiger partial charge in [0, 0.05) is 36.4 Å². The van der Waals surface area contributed by atoms with Crippen LogP contribution in [0.3, 0.4) is 0 Å². The lowest BCUT2D eigenvalue weighted by molar-refractivity contribution is -0.141. The number of carbonyl (C=O) groups excluding carboxylic acids is 2. The summed E-state index contributed by atoms with van der Waals surface area (Å²) in [5.74, 6) is 0.0644. The molecule has 1 fully saturated rings. The zero-order valence-electron chi connectivity index (χ0n) is 24.7. The van der Waals surface area contributed by atoms with Crippen molar-refractivity contribution >= 4 is 43.5 Å². The van der Waals surface area contributed by atoms with E-state index in [1.807, 2.05) is 54.6 Å². The molecule has 1 N–H and O–H groups in total. The highest BCUT2D eigenvalue weighted by Crippen LogP contribution is 2.30. The predicted molar refractivity (Wildman–Crippen MR) is 173 cm³/mol. The minimum atomic E-state index is -3.65. The van der Waals surface area contributed by atoms with Crippen LogP contribution in [-0.2, 0) is 32.6 Å². The molecule has 2 amide bonds. The van der Waals surface area contributed by atoms with Crippen LogP contribution in [0.25, 0.3) is 0 Å². The predicted octanol–water partition coefficient (Wildman–Crippen LogP) is 5.70. The maximum absolute atomic E-state index is 14.0. The average Bonchev–Trinajstić information content (AvgIpc) is 3.51. The number of halogens is 1. The average molecular weight is 671 g/mol. The molecular formula is C33H40BrN3O5S. The van der Waals surface area contributed by atoms with Gasteiger partial charge in [0.05, 0.1) is 19.1 Å². The van der Waals surface area contributed by atoms with Crippen molar-refractivity contribution in [2.45, 2.75) is 63.6 Å². The molecule has 3 aromatic carbocycles. The fraction of sp³-hybridized carbons (Fsp3) is 0.394. The summed E-state index contributed by atoms with van der Waals surface area (Å²) in [4.78, 5) is 29.5. The van der Waals surface area contributed by atoms with Crippen molar-refractivity contribution < 1.29 is 22.7 Å². The van der Waals surface area contributed by atoms with Gasteiger partial charge in [-0.3, -0.25) is 13.9 Å². The highest BCUT2D eigenvalue weighted by atomic mass is 79.9. The number of carbonyl (C=O) groups is 2. The van der Waals surface area contributed by atoms with E-state index in [0.29, 0.717) is 17.9 Å². The number of nitrogens with one attached hydrogen (secondary N) is 1. The number of methoxy groups -OCH3 is 1. The molecule has 43 heavy (non-hydrogen) atoms. The van der Waals surface area contributed by atoms with Crippen molar-refractivity contribution in [1.82, 2.24) is 10.2 Å². The molecular weight excluding hydrogens is 630 g/mol. The van der Waals surface area contributed by atoms with E-state index < -0.39 is 16.1 Å². The Balaban J connectivity index is 1.59. The van der Waals surface area contributed by atoms with E-state index in [1.54, 1.807) is 29.2 Å². The van der Waals surface area contributed by atoms with Crippen LogP contribution >= 0.6 is 15.9 Å². The van der Waals surface area contributed by atoms with Crippen LogP contribution in [0.1, 0.15) is 49.7 Å². The van der Waals surface area contributed by atoms with Crippen molar-refractivity contribution in [2.24, 2.45) is 0 Å². The Morgan fingerprint density at radius 2 is 1.60 bits per heavy atom. The summed E-state index contributed by atoms with van der Waals surface area (Å²) in [7, 11) is -2.15. The molecule has 10 heteroatoms. The van der Waals surface area contributed by atoms with Crippen molar-refractivity contribution in [2.75, 3.05) is 24.2 Å². The molecule has 0 bridgehead atoms. The number of sulfonamides is 1. The molecule has 230 valence electrons. The highest BCUT2D eigenvalue weighted by Gasteiger charge is 2.32. The van der Waals surface area contributed by atoms with Crippen LogP contribution < -0.4 is 14.4 Å². The number of hydrogen-bond donors (Lipinski definition) is 1. The molecule has 0 heterocycles. The van der Waals surface area contributed by atoms with E-state index in [0.717, 1.165) is 47.5 Å². The fourth-order valence-corrected chi connectivity index (χ4v) is 6.76. The summed E-state index contributed by atoms with van der Waals surface area (Å²) in [5.41, 5.74) is 2.28. The maximum Gasteiger partial charge on any atom is 0.243 e. The van der Waals surface area contributed by atoms with Gasteiger partial charge in [0.15, 0.2) is 0 Å². The van der Waals surface area contributed by atoms with Crippen LogP contribution in [0.4, 0.5) is 5.69 Å². The summed E-state index contributed by atoms with van der Waals surface area (Å²) in [6.45, 7) is 0.346. The Morgan fingerprint density at radius 3 is 2.26 bits per heavy atom. The number of rotatable bonds is 14. The molecule has 8 nitrogen and oxygen atoms in total. The van der Waals surface area contributed by atoms with Crippen LogP contribution in [0.2, 0.25) is 0 Å². The quantitative estimate of drug-likeness (QED) is 0.238. The van der Waals surface area contributed by atoms with Gasteiger partial charge in [0.1, 0.15) is 11.8 Å². The Kier molecular flexibility index (Phi) is 11.6. The lowest BCUT2D eigenvalue weighted by Crippen LogP contribution is -2.52. The van der Waals surface area contributed by atoms with E-state index >= 15 is 0 Å². The number of para-hydroxylation sites is 2. The lowest BCUT2D eigenvalue weighted by atomic mass is 10.0.